The molecule has 3 aromatic carbocycles. The zero-order chi connectivity index (χ0) is 30.1. The van der Waals surface area contributed by atoms with Crippen LogP contribution < -0.4 is 9.47 Å². The van der Waals surface area contributed by atoms with Gasteiger partial charge in [-0.2, -0.15) is 0 Å². The van der Waals surface area contributed by atoms with E-state index in [4.69, 9.17) is 9.47 Å². The first-order valence-electron chi connectivity index (χ1n) is 13.9. The highest BCUT2D eigenvalue weighted by molar-refractivity contribution is 5.96. The van der Waals surface area contributed by atoms with Gasteiger partial charge in [0, 0.05) is 54.4 Å². The summed E-state index contributed by atoms with van der Waals surface area (Å²) in [5, 5.41) is 12.2. The molecule has 42 heavy (non-hydrogen) atoms. The van der Waals surface area contributed by atoms with Gasteiger partial charge in [-0.1, -0.05) is 37.6 Å². The third-order valence-corrected chi connectivity index (χ3v) is 7.22. The molecule has 0 atom stereocenters. The molecule has 4 rings (SSSR count). The van der Waals surface area contributed by atoms with E-state index in [1.54, 1.807) is 19.1 Å². The summed E-state index contributed by atoms with van der Waals surface area (Å²) in [6.45, 7) is 3.04. The van der Waals surface area contributed by atoms with Gasteiger partial charge in [0.15, 0.2) is 11.5 Å². The van der Waals surface area contributed by atoms with Crippen molar-refractivity contribution in [2.45, 2.75) is 32.7 Å². The number of H-pyrrole nitrogens is 1. The number of nitro benzene ring substituents is 1. The molecule has 10 heteroatoms. The van der Waals surface area contributed by atoms with Crippen LogP contribution in [0.1, 0.15) is 41.3 Å². The van der Waals surface area contributed by atoms with Crippen molar-refractivity contribution in [2.24, 2.45) is 0 Å². The number of unbranched alkanes of at least 4 members (excludes halogenated alkanes) is 1. The number of hydrogen-bond acceptors (Lipinski definition) is 6. The van der Waals surface area contributed by atoms with Gasteiger partial charge in [0.2, 0.25) is 5.91 Å². The van der Waals surface area contributed by atoms with Crippen LogP contribution in [0.4, 0.5) is 5.69 Å². The predicted octanol–water partition coefficient (Wildman–Crippen LogP) is 5.61. The summed E-state index contributed by atoms with van der Waals surface area (Å²) in [5.74, 6) is 0.625. The largest absolute Gasteiger partial charge is 0.493 e. The van der Waals surface area contributed by atoms with Crippen molar-refractivity contribution >= 4 is 28.4 Å². The number of hydrogen-bond donors (Lipinski definition) is 1. The van der Waals surface area contributed by atoms with Crippen molar-refractivity contribution < 1.29 is 24.0 Å². The van der Waals surface area contributed by atoms with Crippen LogP contribution in [0.25, 0.3) is 10.9 Å². The molecule has 2 amide bonds. The first-order chi connectivity index (χ1) is 20.3. The molecular weight excluding hydrogens is 536 g/mol. The second kappa shape index (κ2) is 14.2. The van der Waals surface area contributed by atoms with Gasteiger partial charge >= 0.3 is 0 Å². The molecule has 0 aliphatic heterocycles. The van der Waals surface area contributed by atoms with E-state index in [1.165, 1.54) is 29.2 Å². The number of para-hydroxylation sites is 1. The van der Waals surface area contributed by atoms with E-state index in [9.17, 15) is 19.7 Å². The number of non-ortho nitro benzene ring substituents is 1. The molecule has 0 saturated heterocycles. The minimum absolute atomic E-state index is 0.0962. The molecule has 10 nitrogen and oxygen atoms in total. The predicted molar refractivity (Wildman–Crippen MR) is 161 cm³/mol. The lowest BCUT2D eigenvalue weighted by Crippen LogP contribution is -2.43. The Balaban J connectivity index is 1.58. The Kier molecular flexibility index (Phi) is 10.1. The number of aromatic amines is 1. The van der Waals surface area contributed by atoms with E-state index in [2.05, 4.69) is 11.1 Å². The number of nitro groups is 1. The molecule has 0 radical (unpaired) electrons. The zero-order valence-electron chi connectivity index (χ0n) is 24.2. The van der Waals surface area contributed by atoms with E-state index in [-0.39, 0.29) is 24.0 Å². The zero-order valence-corrected chi connectivity index (χ0v) is 24.2. The smallest absolute Gasteiger partial charge is 0.269 e. The van der Waals surface area contributed by atoms with Crippen LogP contribution in [0.2, 0.25) is 0 Å². The van der Waals surface area contributed by atoms with Gasteiger partial charge in [0.05, 0.1) is 19.1 Å². The van der Waals surface area contributed by atoms with Gasteiger partial charge in [0.1, 0.15) is 6.54 Å². The lowest BCUT2D eigenvalue weighted by Gasteiger charge is -2.28. The first kappa shape index (κ1) is 30.1. The van der Waals surface area contributed by atoms with Crippen LogP contribution >= 0.6 is 0 Å². The fourth-order valence-corrected chi connectivity index (χ4v) is 4.86. The van der Waals surface area contributed by atoms with E-state index < -0.39 is 4.92 Å². The summed E-state index contributed by atoms with van der Waals surface area (Å²) in [6.07, 6.45) is 4.15. The third kappa shape index (κ3) is 7.25. The summed E-state index contributed by atoms with van der Waals surface area (Å²) in [6, 6.07) is 19.1. The van der Waals surface area contributed by atoms with E-state index in [0.29, 0.717) is 43.1 Å². The molecule has 0 bridgehead atoms. The Labute approximate surface area is 245 Å². The van der Waals surface area contributed by atoms with Crippen molar-refractivity contribution in [3.05, 3.63) is 99.7 Å². The van der Waals surface area contributed by atoms with Crippen LogP contribution in [0.15, 0.2) is 72.9 Å². The van der Waals surface area contributed by atoms with Gasteiger partial charge in [-0.05, 0) is 54.3 Å². The van der Waals surface area contributed by atoms with Crippen LogP contribution in [0, 0.1) is 10.1 Å². The fourth-order valence-electron chi connectivity index (χ4n) is 4.86. The summed E-state index contributed by atoms with van der Waals surface area (Å²) in [7, 11) is 3.14. The molecule has 4 aromatic rings. The van der Waals surface area contributed by atoms with Crippen molar-refractivity contribution in [1.29, 1.82) is 0 Å². The van der Waals surface area contributed by atoms with Crippen molar-refractivity contribution in [3.63, 3.8) is 0 Å². The van der Waals surface area contributed by atoms with Gasteiger partial charge in [-0.25, -0.2) is 0 Å². The number of nitrogens with zero attached hydrogens (tertiary/aromatic N) is 3. The summed E-state index contributed by atoms with van der Waals surface area (Å²) >= 11 is 0. The Morgan fingerprint density at radius 3 is 2.36 bits per heavy atom. The Bertz CT molecular complexity index is 1530. The average molecular weight is 573 g/mol. The number of carbonyl (C=O) groups excluding carboxylic acids is 2. The Morgan fingerprint density at radius 1 is 0.929 bits per heavy atom. The molecule has 0 fully saturated rings. The molecule has 0 saturated carbocycles. The van der Waals surface area contributed by atoms with Gasteiger partial charge < -0.3 is 24.3 Å². The molecule has 0 unspecified atom stereocenters. The molecule has 1 heterocycles. The molecule has 0 aliphatic carbocycles. The lowest BCUT2D eigenvalue weighted by atomic mass is 10.1. The summed E-state index contributed by atoms with van der Waals surface area (Å²) in [4.78, 5) is 44.5. The number of aromatic nitrogens is 1. The summed E-state index contributed by atoms with van der Waals surface area (Å²) in [5.41, 5.74) is 3.20. The van der Waals surface area contributed by atoms with E-state index >= 15 is 0 Å². The number of benzene rings is 3. The van der Waals surface area contributed by atoms with Crippen LogP contribution in [0.5, 0.6) is 11.5 Å². The highest BCUT2D eigenvalue weighted by atomic mass is 16.6. The normalized spacial score (nSPS) is 10.8. The molecule has 220 valence electrons. The Morgan fingerprint density at radius 2 is 1.67 bits per heavy atom. The lowest BCUT2D eigenvalue weighted by molar-refractivity contribution is -0.384. The standard InChI is InChI=1S/C32H36N4O6/c1-4-5-17-35(32(38)24-11-13-26(14-12-24)36(39)40)22-31(37)34(21-23-10-15-29(41-2)30(19-23)42-3)18-16-25-20-33-28-9-7-6-8-27(25)28/h6-15,19-20,33H,4-5,16-18,21-22H2,1-3H3. The quantitative estimate of drug-likeness (QED) is 0.155. The Hall–Kier alpha value is -4.86. The van der Waals surface area contributed by atoms with E-state index in [0.717, 1.165) is 34.9 Å². The summed E-state index contributed by atoms with van der Waals surface area (Å²) < 4.78 is 10.8. The number of rotatable bonds is 14. The number of fused-ring (bicyclic) bond motifs is 1. The van der Waals surface area contributed by atoms with Crippen LogP contribution in [-0.2, 0) is 17.8 Å². The number of amides is 2. The topological polar surface area (TPSA) is 118 Å². The second-order valence-corrected chi connectivity index (χ2v) is 10.00. The van der Waals surface area contributed by atoms with Gasteiger partial charge in [0.25, 0.3) is 11.6 Å². The molecule has 1 N–H and O–H groups in total. The van der Waals surface area contributed by atoms with Crippen molar-refractivity contribution in [3.8, 4) is 11.5 Å². The number of carbonyl (C=O) groups is 2. The maximum Gasteiger partial charge on any atom is 0.269 e. The highest BCUT2D eigenvalue weighted by Crippen LogP contribution is 2.28. The monoisotopic (exact) mass is 572 g/mol. The molecular formula is C32H36N4O6. The maximum atomic E-state index is 13.9. The van der Waals surface area contributed by atoms with Crippen LogP contribution in [-0.4, -0.2) is 65.4 Å². The maximum absolute atomic E-state index is 13.9. The first-order valence-corrected chi connectivity index (χ1v) is 13.9. The second-order valence-electron chi connectivity index (χ2n) is 10.00. The minimum atomic E-state index is -0.508. The number of nitrogens with one attached hydrogen (secondary N) is 1. The molecule has 1 aromatic heterocycles. The third-order valence-electron chi connectivity index (χ3n) is 7.22. The molecule has 0 spiro atoms. The molecule has 0 aliphatic rings. The van der Waals surface area contributed by atoms with E-state index in [1.807, 2.05) is 49.5 Å². The van der Waals surface area contributed by atoms with Gasteiger partial charge in [-0.3, -0.25) is 19.7 Å². The van der Waals surface area contributed by atoms with Gasteiger partial charge in [-0.15, -0.1) is 0 Å². The van der Waals surface area contributed by atoms with Crippen molar-refractivity contribution in [2.75, 3.05) is 33.9 Å². The average Bonchev–Trinajstić information content (AvgIpc) is 3.43. The van der Waals surface area contributed by atoms with Crippen LogP contribution in [0.3, 0.4) is 0 Å². The number of methoxy groups -OCH3 is 2. The SMILES string of the molecule is CCCCN(CC(=O)N(CCc1c[nH]c2ccccc12)Cc1ccc(OC)c(OC)c1)C(=O)c1ccc([N+](=O)[O-])cc1. The minimum Gasteiger partial charge on any atom is -0.493 e. The number of ether oxygens (including phenoxy) is 2. The highest BCUT2D eigenvalue weighted by Gasteiger charge is 2.23. The fraction of sp³-hybridized carbons (Fsp3) is 0.312. The van der Waals surface area contributed by atoms with Crippen molar-refractivity contribution in [1.82, 2.24) is 14.8 Å².